The topological polar surface area (TPSA) is 59.7 Å². The van der Waals surface area contributed by atoms with Gasteiger partial charge in [0.05, 0.1) is 19.8 Å². The molecule has 0 N–H and O–H groups in total. The van der Waals surface area contributed by atoms with Gasteiger partial charge >= 0.3 is 0 Å². The molecule has 0 aliphatic carbocycles. The minimum absolute atomic E-state index is 0.252. The van der Waals surface area contributed by atoms with Crippen molar-refractivity contribution in [1.29, 1.82) is 0 Å². The first-order valence-corrected chi connectivity index (χ1v) is 10.0. The monoisotopic (exact) mass is 384 g/mol. The number of benzene rings is 1. The third-order valence-corrected chi connectivity index (χ3v) is 5.11. The zero-order valence-electron chi connectivity index (χ0n) is 15.6. The smallest absolute Gasteiger partial charge is 0.279 e. The Morgan fingerprint density at radius 2 is 1.96 bits per heavy atom. The summed E-state index contributed by atoms with van der Waals surface area (Å²) in [5.41, 5.74) is 0.577. The van der Waals surface area contributed by atoms with Crippen LogP contribution in [0.25, 0.3) is 0 Å². The minimum Gasteiger partial charge on any atom is -0.379 e. The van der Waals surface area contributed by atoms with E-state index in [0.29, 0.717) is 16.9 Å². The van der Waals surface area contributed by atoms with Gasteiger partial charge in [-0.2, -0.15) is 10.1 Å². The second kappa shape index (κ2) is 10.2. The van der Waals surface area contributed by atoms with Crippen LogP contribution in [-0.2, 0) is 17.7 Å². The van der Waals surface area contributed by atoms with Crippen molar-refractivity contribution in [3.63, 3.8) is 0 Å². The van der Waals surface area contributed by atoms with Gasteiger partial charge in [-0.15, -0.1) is 0 Å². The first kappa shape index (κ1) is 19.5. The van der Waals surface area contributed by atoms with Gasteiger partial charge in [-0.3, -0.25) is 9.69 Å². The van der Waals surface area contributed by atoms with Crippen LogP contribution in [0.3, 0.4) is 0 Å². The molecular formula is C20H24N4O2S. The first-order chi connectivity index (χ1) is 13.3. The van der Waals surface area contributed by atoms with Gasteiger partial charge in [0.1, 0.15) is 11.6 Å². The van der Waals surface area contributed by atoms with Crippen LogP contribution in [0.4, 0.5) is 0 Å². The number of hydrogen-bond donors (Lipinski definition) is 0. The second-order valence-corrected chi connectivity index (χ2v) is 7.25. The Balaban J connectivity index is 1.74. The summed E-state index contributed by atoms with van der Waals surface area (Å²) in [6.45, 7) is 6.66. The molecule has 0 saturated carbocycles. The van der Waals surface area contributed by atoms with E-state index in [2.05, 4.69) is 33.8 Å². The number of carbonyl (C=O) groups is 1. The van der Waals surface area contributed by atoms with Crippen molar-refractivity contribution < 1.29 is 9.53 Å². The van der Waals surface area contributed by atoms with E-state index in [4.69, 9.17) is 4.74 Å². The molecule has 1 amide bonds. The molecule has 1 fully saturated rings. The highest BCUT2D eigenvalue weighted by Gasteiger charge is 2.09. The lowest BCUT2D eigenvalue weighted by molar-refractivity contribution is 0.0443. The average Bonchev–Trinajstić information content (AvgIpc) is 3.08. The van der Waals surface area contributed by atoms with Gasteiger partial charge in [-0.25, -0.2) is 4.68 Å². The van der Waals surface area contributed by atoms with Crippen LogP contribution in [0, 0.1) is 11.8 Å². The number of rotatable bonds is 5. The van der Waals surface area contributed by atoms with Crippen LogP contribution in [0.2, 0.25) is 0 Å². The molecule has 1 aromatic carbocycles. The van der Waals surface area contributed by atoms with E-state index in [1.54, 1.807) is 16.8 Å². The van der Waals surface area contributed by atoms with Crippen molar-refractivity contribution in [2.45, 2.75) is 26.3 Å². The van der Waals surface area contributed by atoms with Crippen molar-refractivity contribution >= 4 is 17.2 Å². The Morgan fingerprint density at radius 3 is 2.70 bits per heavy atom. The van der Waals surface area contributed by atoms with Gasteiger partial charge in [-0.05, 0) is 18.6 Å². The van der Waals surface area contributed by atoms with E-state index in [9.17, 15) is 4.79 Å². The maximum atomic E-state index is 12.4. The number of aryl methyl sites for hydroxylation is 1. The highest BCUT2D eigenvalue weighted by atomic mass is 32.1. The molecule has 0 spiro atoms. The third-order valence-electron chi connectivity index (χ3n) is 4.10. The predicted octanol–water partition coefficient (Wildman–Crippen LogP) is 1.97. The lowest BCUT2D eigenvalue weighted by Crippen LogP contribution is -2.36. The van der Waals surface area contributed by atoms with E-state index >= 15 is 0 Å². The lowest BCUT2D eigenvalue weighted by Gasteiger charge is -2.24. The Hall–Kier alpha value is -2.27. The van der Waals surface area contributed by atoms with Crippen LogP contribution in [-0.4, -0.2) is 53.4 Å². The average molecular weight is 385 g/mol. The summed E-state index contributed by atoms with van der Waals surface area (Å²) in [6.07, 6.45) is 1.88. The fourth-order valence-corrected chi connectivity index (χ4v) is 3.64. The summed E-state index contributed by atoms with van der Waals surface area (Å²) in [6, 6.07) is 9.10. The fourth-order valence-electron chi connectivity index (χ4n) is 2.64. The predicted molar refractivity (Wildman–Crippen MR) is 105 cm³/mol. The molecule has 1 aliphatic rings. The summed E-state index contributed by atoms with van der Waals surface area (Å²) >= 11 is 1.46. The van der Waals surface area contributed by atoms with Crippen molar-refractivity contribution in [2.75, 3.05) is 32.8 Å². The summed E-state index contributed by atoms with van der Waals surface area (Å²) in [5, 5.41) is 5.56. The standard InChI is InChI=1S/C20H24N4O2S/c1-2-8-18-22-24(12-7-6-11-23-13-15-26-16-14-23)20(27-18)21-19(25)17-9-4-3-5-10-17/h3-5,9-10H,2,8,11-16H2,1H3. The number of carbonyl (C=O) groups excluding carboxylic acids is 1. The number of hydrogen-bond acceptors (Lipinski definition) is 5. The van der Waals surface area contributed by atoms with E-state index in [1.807, 2.05) is 18.2 Å². The van der Waals surface area contributed by atoms with Crippen LogP contribution in [0.15, 0.2) is 35.3 Å². The molecular weight excluding hydrogens is 360 g/mol. The van der Waals surface area contributed by atoms with Gasteiger partial charge in [0.2, 0.25) is 4.80 Å². The zero-order valence-corrected chi connectivity index (χ0v) is 16.4. The number of aromatic nitrogens is 2. The Kier molecular flexibility index (Phi) is 7.34. The van der Waals surface area contributed by atoms with Crippen LogP contribution < -0.4 is 4.80 Å². The fraction of sp³-hybridized carbons (Fsp3) is 0.450. The summed E-state index contributed by atoms with van der Waals surface area (Å²) in [4.78, 5) is 19.6. The van der Waals surface area contributed by atoms with Crippen molar-refractivity contribution in [3.05, 3.63) is 45.7 Å². The normalized spacial score (nSPS) is 15.4. The SMILES string of the molecule is CCCc1nn(CC#CCN2CCOCC2)c(=NC(=O)c2ccccc2)s1. The summed E-state index contributed by atoms with van der Waals surface area (Å²) < 4.78 is 7.08. The number of nitrogens with zero attached hydrogens (tertiary/aromatic N) is 4. The van der Waals surface area contributed by atoms with Crippen molar-refractivity contribution in [2.24, 2.45) is 4.99 Å². The highest BCUT2D eigenvalue weighted by molar-refractivity contribution is 7.08. The quantitative estimate of drug-likeness (QED) is 0.740. The second-order valence-electron chi connectivity index (χ2n) is 6.21. The largest absolute Gasteiger partial charge is 0.379 e. The molecule has 2 aromatic rings. The van der Waals surface area contributed by atoms with Gasteiger partial charge in [0.15, 0.2) is 0 Å². The lowest BCUT2D eigenvalue weighted by atomic mass is 10.2. The molecule has 2 heterocycles. The Labute approximate surface area is 163 Å². The molecule has 3 rings (SSSR count). The molecule has 1 aliphatic heterocycles. The molecule has 1 saturated heterocycles. The molecule has 0 unspecified atom stereocenters. The van der Waals surface area contributed by atoms with Crippen LogP contribution >= 0.6 is 11.3 Å². The number of morpholine rings is 1. The zero-order chi connectivity index (χ0) is 18.9. The molecule has 0 radical (unpaired) electrons. The number of amides is 1. The van der Waals surface area contributed by atoms with E-state index in [-0.39, 0.29) is 5.91 Å². The van der Waals surface area contributed by atoms with Gasteiger partial charge in [-0.1, -0.05) is 48.3 Å². The molecule has 1 aromatic heterocycles. The van der Waals surface area contributed by atoms with Crippen LogP contribution in [0.5, 0.6) is 0 Å². The molecule has 142 valence electrons. The first-order valence-electron chi connectivity index (χ1n) is 9.23. The molecule has 0 atom stereocenters. The van der Waals surface area contributed by atoms with Crippen LogP contribution in [0.1, 0.15) is 28.7 Å². The van der Waals surface area contributed by atoms with E-state index in [1.165, 1.54) is 11.3 Å². The summed E-state index contributed by atoms with van der Waals surface area (Å²) in [7, 11) is 0. The van der Waals surface area contributed by atoms with Gasteiger partial charge in [0, 0.05) is 25.1 Å². The Bertz CT molecular complexity index is 871. The van der Waals surface area contributed by atoms with E-state index in [0.717, 1.165) is 50.7 Å². The summed E-state index contributed by atoms with van der Waals surface area (Å²) in [5.74, 6) is 6.10. The highest BCUT2D eigenvalue weighted by Crippen LogP contribution is 2.05. The molecule has 6 nitrogen and oxygen atoms in total. The minimum atomic E-state index is -0.252. The van der Waals surface area contributed by atoms with Gasteiger partial charge < -0.3 is 4.74 Å². The number of ether oxygens (including phenoxy) is 1. The Morgan fingerprint density at radius 1 is 1.22 bits per heavy atom. The van der Waals surface area contributed by atoms with E-state index < -0.39 is 0 Å². The molecule has 0 bridgehead atoms. The maximum absolute atomic E-state index is 12.4. The third kappa shape index (κ3) is 5.86. The maximum Gasteiger partial charge on any atom is 0.279 e. The molecule has 7 heteroatoms. The van der Waals surface area contributed by atoms with Crippen molar-refractivity contribution in [1.82, 2.24) is 14.7 Å². The van der Waals surface area contributed by atoms with Gasteiger partial charge in [0.25, 0.3) is 5.91 Å². The molecule has 27 heavy (non-hydrogen) atoms. The van der Waals surface area contributed by atoms with Crippen molar-refractivity contribution in [3.8, 4) is 11.8 Å².